The Morgan fingerprint density at radius 1 is 1.19 bits per heavy atom. The maximum absolute atomic E-state index is 13.4. The molecule has 1 fully saturated rings. The van der Waals surface area contributed by atoms with Crippen molar-refractivity contribution in [1.82, 2.24) is 10.2 Å². The zero-order valence-electron chi connectivity index (χ0n) is 16.2. The number of benzene rings is 2. The first-order valence-electron chi connectivity index (χ1n) is 9.83. The quantitative estimate of drug-likeness (QED) is 0.839. The zero-order chi connectivity index (χ0) is 19.2. The van der Waals surface area contributed by atoms with Crippen LogP contribution in [0.1, 0.15) is 36.5 Å². The van der Waals surface area contributed by atoms with Crippen LogP contribution in [0.4, 0.5) is 4.39 Å². The van der Waals surface area contributed by atoms with Crippen LogP contribution in [0, 0.1) is 12.7 Å². The van der Waals surface area contributed by atoms with E-state index in [4.69, 9.17) is 0 Å². The van der Waals surface area contributed by atoms with Gasteiger partial charge in [-0.2, -0.15) is 0 Å². The van der Waals surface area contributed by atoms with Crippen molar-refractivity contribution in [2.75, 3.05) is 13.1 Å². The van der Waals surface area contributed by atoms with Crippen LogP contribution in [-0.2, 0) is 17.6 Å². The largest absolute Gasteiger partial charge is 0.338 e. The molecule has 27 heavy (non-hydrogen) atoms. The summed E-state index contributed by atoms with van der Waals surface area (Å²) in [7, 11) is 0. The van der Waals surface area contributed by atoms with Crippen LogP contribution in [0.5, 0.6) is 0 Å². The SMILES string of the molecule is CC(=O)N1CCC[C@H](NCCc2cccc(F)c2)[C@@H]1Cc1ccc(C)cc1. The average molecular weight is 368 g/mol. The van der Waals surface area contributed by atoms with Gasteiger partial charge in [-0.05, 0) is 62.4 Å². The highest BCUT2D eigenvalue weighted by Gasteiger charge is 2.32. The Labute approximate surface area is 161 Å². The van der Waals surface area contributed by atoms with E-state index in [0.717, 1.165) is 44.3 Å². The number of carbonyl (C=O) groups is 1. The molecular formula is C23H29FN2O. The van der Waals surface area contributed by atoms with E-state index in [2.05, 4.69) is 36.5 Å². The van der Waals surface area contributed by atoms with E-state index in [1.165, 1.54) is 17.2 Å². The fourth-order valence-electron chi connectivity index (χ4n) is 4.00. The lowest BCUT2D eigenvalue weighted by atomic mass is 9.90. The average Bonchev–Trinajstić information content (AvgIpc) is 2.64. The molecule has 0 aliphatic carbocycles. The van der Waals surface area contributed by atoms with Gasteiger partial charge in [0.15, 0.2) is 0 Å². The van der Waals surface area contributed by atoms with Crippen LogP contribution < -0.4 is 5.32 Å². The summed E-state index contributed by atoms with van der Waals surface area (Å²) < 4.78 is 13.4. The fourth-order valence-corrected chi connectivity index (χ4v) is 4.00. The van der Waals surface area contributed by atoms with Crippen LogP contribution in [0.2, 0.25) is 0 Å². The summed E-state index contributed by atoms with van der Waals surface area (Å²) in [6.45, 7) is 5.36. The third-order valence-corrected chi connectivity index (χ3v) is 5.46. The van der Waals surface area contributed by atoms with Crippen LogP contribution >= 0.6 is 0 Å². The molecule has 144 valence electrons. The van der Waals surface area contributed by atoms with Crippen molar-refractivity contribution in [3.63, 3.8) is 0 Å². The molecule has 2 aromatic rings. The van der Waals surface area contributed by atoms with Gasteiger partial charge in [-0.1, -0.05) is 42.0 Å². The third kappa shape index (κ3) is 5.39. The minimum absolute atomic E-state index is 0.142. The van der Waals surface area contributed by atoms with Crippen molar-refractivity contribution >= 4 is 5.91 Å². The van der Waals surface area contributed by atoms with Gasteiger partial charge in [0, 0.05) is 19.5 Å². The molecule has 0 unspecified atom stereocenters. The first-order valence-corrected chi connectivity index (χ1v) is 9.83. The van der Waals surface area contributed by atoms with Crippen LogP contribution in [0.3, 0.4) is 0 Å². The third-order valence-electron chi connectivity index (χ3n) is 5.46. The molecule has 0 spiro atoms. The molecule has 3 nitrogen and oxygen atoms in total. The molecule has 1 aliphatic heterocycles. The summed E-state index contributed by atoms with van der Waals surface area (Å²) in [5.41, 5.74) is 3.50. The summed E-state index contributed by atoms with van der Waals surface area (Å²) in [6, 6.07) is 15.8. The molecule has 0 aromatic heterocycles. The molecule has 1 N–H and O–H groups in total. The van der Waals surface area contributed by atoms with Crippen molar-refractivity contribution in [2.24, 2.45) is 0 Å². The second-order valence-corrected chi connectivity index (χ2v) is 7.55. The predicted molar refractivity (Wildman–Crippen MR) is 107 cm³/mol. The minimum Gasteiger partial charge on any atom is -0.338 e. The second-order valence-electron chi connectivity index (χ2n) is 7.55. The zero-order valence-corrected chi connectivity index (χ0v) is 16.2. The smallest absolute Gasteiger partial charge is 0.219 e. The first kappa shape index (κ1) is 19.6. The Morgan fingerprint density at radius 3 is 2.67 bits per heavy atom. The van der Waals surface area contributed by atoms with E-state index in [9.17, 15) is 9.18 Å². The summed E-state index contributed by atoms with van der Waals surface area (Å²) in [4.78, 5) is 14.2. The molecule has 2 aromatic carbocycles. The highest BCUT2D eigenvalue weighted by molar-refractivity contribution is 5.73. The monoisotopic (exact) mass is 368 g/mol. The standard InChI is InChI=1S/C23H29FN2O/c1-17-8-10-20(11-9-17)16-23-22(7-4-14-26(23)18(2)27)25-13-12-19-5-3-6-21(24)15-19/h3,5-6,8-11,15,22-23,25H,4,7,12-14,16H2,1-2H3/t22-,23-/m0/s1. The van der Waals surface area contributed by atoms with Crippen molar-refractivity contribution in [1.29, 1.82) is 0 Å². The normalized spacial score (nSPS) is 19.9. The van der Waals surface area contributed by atoms with Gasteiger partial charge < -0.3 is 10.2 Å². The number of nitrogens with one attached hydrogen (secondary N) is 1. The van der Waals surface area contributed by atoms with E-state index < -0.39 is 0 Å². The van der Waals surface area contributed by atoms with E-state index in [1.807, 2.05) is 11.0 Å². The van der Waals surface area contributed by atoms with Gasteiger partial charge >= 0.3 is 0 Å². The molecule has 1 heterocycles. The molecule has 4 heteroatoms. The Morgan fingerprint density at radius 2 is 1.96 bits per heavy atom. The van der Waals surface area contributed by atoms with Crippen LogP contribution in [0.15, 0.2) is 48.5 Å². The number of halogens is 1. The molecule has 1 saturated heterocycles. The second kappa shape index (κ2) is 9.14. The maximum Gasteiger partial charge on any atom is 0.219 e. The molecule has 0 bridgehead atoms. The molecule has 0 saturated carbocycles. The number of amides is 1. The lowest BCUT2D eigenvalue weighted by Gasteiger charge is -2.41. The Balaban J connectivity index is 1.66. The van der Waals surface area contributed by atoms with Gasteiger partial charge in [-0.3, -0.25) is 4.79 Å². The van der Waals surface area contributed by atoms with E-state index in [0.29, 0.717) is 0 Å². The van der Waals surface area contributed by atoms with Gasteiger partial charge in [0.2, 0.25) is 5.91 Å². The van der Waals surface area contributed by atoms with E-state index in [1.54, 1.807) is 19.1 Å². The summed E-state index contributed by atoms with van der Waals surface area (Å²) in [5.74, 6) is -0.0473. The lowest BCUT2D eigenvalue weighted by Crippen LogP contribution is -2.56. The number of carbonyl (C=O) groups excluding carboxylic acids is 1. The Hall–Kier alpha value is -2.20. The lowest BCUT2D eigenvalue weighted by molar-refractivity contribution is -0.133. The predicted octanol–water partition coefficient (Wildman–Crippen LogP) is 3.89. The van der Waals surface area contributed by atoms with Gasteiger partial charge in [0.25, 0.3) is 0 Å². The molecular weight excluding hydrogens is 339 g/mol. The van der Waals surface area contributed by atoms with Gasteiger partial charge in [0.05, 0.1) is 6.04 Å². The topological polar surface area (TPSA) is 32.3 Å². The van der Waals surface area contributed by atoms with Gasteiger partial charge in [-0.25, -0.2) is 4.39 Å². The number of nitrogens with zero attached hydrogens (tertiary/aromatic N) is 1. The maximum atomic E-state index is 13.4. The minimum atomic E-state index is -0.190. The number of rotatable bonds is 6. The molecule has 2 atom stereocenters. The number of likely N-dealkylation sites (tertiary alicyclic amines) is 1. The summed E-state index contributed by atoms with van der Waals surface area (Å²) in [5, 5.41) is 3.64. The van der Waals surface area contributed by atoms with E-state index >= 15 is 0 Å². The highest BCUT2D eigenvalue weighted by Crippen LogP contribution is 2.22. The summed E-state index contributed by atoms with van der Waals surface area (Å²) in [6.07, 6.45) is 3.72. The molecule has 0 radical (unpaired) electrons. The Kier molecular flexibility index (Phi) is 6.62. The van der Waals surface area contributed by atoms with Gasteiger partial charge in [0.1, 0.15) is 5.82 Å². The summed E-state index contributed by atoms with van der Waals surface area (Å²) >= 11 is 0. The first-order chi connectivity index (χ1) is 13.0. The van der Waals surface area contributed by atoms with Crippen molar-refractivity contribution in [3.05, 3.63) is 71.0 Å². The highest BCUT2D eigenvalue weighted by atomic mass is 19.1. The van der Waals surface area contributed by atoms with Crippen molar-refractivity contribution < 1.29 is 9.18 Å². The van der Waals surface area contributed by atoms with Crippen LogP contribution in [0.25, 0.3) is 0 Å². The van der Waals surface area contributed by atoms with E-state index in [-0.39, 0.29) is 23.8 Å². The number of hydrogen-bond donors (Lipinski definition) is 1. The number of aryl methyl sites for hydroxylation is 1. The molecule has 1 amide bonds. The van der Waals surface area contributed by atoms with Crippen LogP contribution in [-0.4, -0.2) is 36.0 Å². The van der Waals surface area contributed by atoms with Gasteiger partial charge in [-0.15, -0.1) is 0 Å². The molecule has 3 rings (SSSR count). The molecule has 1 aliphatic rings. The number of piperidine rings is 1. The van der Waals surface area contributed by atoms with Crippen molar-refractivity contribution in [3.8, 4) is 0 Å². The Bertz CT molecular complexity index is 759. The van der Waals surface area contributed by atoms with Crippen molar-refractivity contribution in [2.45, 2.75) is 51.6 Å². The fraction of sp³-hybridized carbons (Fsp3) is 0.435. The number of hydrogen-bond acceptors (Lipinski definition) is 2.